The second-order valence-electron chi connectivity index (χ2n) is 4.69. The second kappa shape index (κ2) is 7.00. The smallest absolute Gasteiger partial charge is 0.341 e. The van der Waals surface area contributed by atoms with Crippen molar-refractivity contribution >= 4 is 5.97 Å². The predicted octanol–water partition coefficient (Wildman–Crippen LogP) is 2.94. The number of aliphatic hydroxyl groups excluding tert-OH is 1. The zero-order chi connectivity index (χ0) is 16.1. The van der Waals surface area contributed by atoms with Gasteiger partial charge in [0.05, 0.1) is 0 Å². The van der Waals surface area contributed by atoms with Crippen LogP contribution in [0.2, 0.25) is 0 Å². The van der Waals surface area contributed by atoms with Gasteiger partial charge in [-0.25, -0.2) is 13.6 Å². The van der Waals surface area contributed by atoms with E-state index in [0.29, 0.717) is 11.3 Å². The minimum absolute atomic E-state index is 0.0818. The van der Waals surface area contributed by atoms with Crippen molar-refractivity contribution in [1.29, 1.82) is 0 Å². The number of para-hydroxylation sites is 1. The Hall–Kier alpha value is -2.47. The molecule has 116 valence electrons. The van der Waals surface area contributed by atoms with E-state index in [-0.39, 0.29) is 12.2 Å². The number of ether oxygens (including phenoxy) is 1. The van der Waals surface area contributed by atoms with Crippen LogP contribution in [0.15, 0.2) is 48.5 Å². The first kappa shape index (κ1) is 15.9. The number of carbonyl (C=O) groups is 1. The number of aliphatic carboxylic acids is 1. The lowest BCUT2D eigenvalue weighted by molar-refractivity contribution is -0.147. The van der Waals surface area contributed by atoms with Crippen molar-refractivity contribution in [2.24, 2.45) is 0 Å². The third-order valence-corrected chi connectivity index (χ3v) is 2.99. The number of carboxylic acids is 1. The normalized spacial score (nSPS) is 13.4. The molecule has 0 bridgehead atoms. The molecule has 4 nitrogen and oxygen atoms in total. The highest BCUT2D eigenvalue weighted by Crippen LogP contribution is 2.26. The molecule has 2 N–H and O–H groups in total. The number of hydrogen-bond donors (Lipinski definition) is 2. The summed E-state index contributed by atoms with van der Waals surface area (Å²) in [5, 5.41) is 18.0. The molecule has 0 radical (unpaired) electrons. The third kappa shape index (κ3) is 4.02. The van der Waals surface area contributed by atoms with Crippen LogP contribution in [0.1, 0.15) is 5.56 Å². The summed E-state index contributed by atoms with van der Waals surface area (Å²) in [6.07, 6.45) is -4.38. The van der Waals surface area contributed by atoms with Crippen molar-refractivity contribution in [2.45, 2.75) is 18.7 Å². The predicted molar refractivity (Wildman–Crippen MR) is 75.2 cm³/mol. The first-order valence-corrected chi connectivity index (χ1v) is 6.53. The number of rotatable bonds is 6. The van der Waals surface area contributed by atoms with Gasteiger partial charge < -0.3 is 14.9 Å². The van der Waals surface area contributed by atoms with Crippen molar-refractivity contribution in [1.82, 2.24) is 0 Å². The van der Waals surface area contributed by atoms with Gasteiger partial charge in [0, 0.05) is 6.42 Å². The first-order chi connectivity index (χ1) is 10.5. The summed E-state index contributed by atoms with van der Waals surface area (Å²) in [5.41, 5.74) is 0.365. The summed E-state index contributed by atoms with van der Waals surface area (Å²) in [4.78, 5) is 10.5. The first-order valence-electron chi connectivity index (χ1n) is 6.53. The molecule has 0 heterocycles. The summed E-state index contributed by atoms with van der Waals surface area (Å²) in [7, 11) is 0. The summed E-state index contributed by atoms with van der Waals surface area (Å²) in [5.74, 6) is -2.01. The largest absolute Gasteiger partial charge is 0.479 e. The van der Waals surface area contributed by atoms with E-state index in [1.165, 1.54) is 12.1 Å². The van der Waals surface area contributed by atoms with Gasteiger partial charge in [-0.15, -0.1) is 0 Å². The van der Waals surface area contributed by atoms with Crippen LogP contribution in [0.3, 0.4) is 0 Å². The van der Waals surface area contributed by atoms with Gasteiger partial charge in [0.15, 0.2) is 11.6 Å². The highest BCUT2D eigenvalue weighted by atomic mass is 19.1. The highest BCUT2D eigenvalue weighted by molar-refractivity contribution is 5.72. The number of hydrogen-bond acceptors (Lipinski definition) is 3. The van der Waals surface area contributed by atoms with Gasteiger partial charge in [-0.2, -0.15) is 0 Å². The average molecular weight is 308 g/mol. The Morgan fingerprint density at radius 2 is 1.86 bits per heavy atom. The van der Waals surface area contributed by atoms with E-state index in [9.17, 15) is 18.7 Å². The maximum absolute atomic E-state index is 13.7. The Kier molecular flexibility index (Phi) is 5.06. The monoisotopic (exact) mass is 308 g/mol. The van der Waals surface area contributed by atoms with Gasteiger partial charge in [0.1, 0.15) is 11.9 Å². The summed E-state index contributed by atoms with van der Waals surface area (Å²) < 4.78 is 32.3. The van der Waals surface area contributed by atoms with E-state index in [2.05, 4.69) is 0 Å². The molecule has 0 saturated heterocycles. The third-order valence-electron chi connectivity index (χ3n) is 2.99. The van der Waals surface area contributed by atoms with Crippen molar-refractivity contribution in [3.05, 3.63) is 59.9 Å². The van der Waals surface area contributed by atoms with Gasteiger partial charge >= 0.3 is 5.97 Å². The van der Waals surface area contributed by atoms with E-state index >= 15 is 0 Å². The summed E-state index contributed by atoms with van der Waals surface area (Å²) in [6, 6.07) is 12.3. The van der Waals surface area contributed by atoms with Crippen LogP contribution in [0.4, 0.5) is 8.78 Å². The summed E-state index contributed by atoms with van der Waals surface area (Å²) >= 11 is 0. The van der Waals surface area contributed by atoms with Crippen molar-refractivity contribution < 1.29 is 28.5 Å². The molecular formula is C16H14F2O4. The Morgan fingerprint density at radius 1 is 1.18 bits per heavy atom. The molecule has 2 aromatic rings. The highest BCUT2D eigenvalue weighted by Gasteiger charge is 2.26. The van der Waals surface area contributed by atoms with Crippen LogP contribution in [0.5, 0.6) is 11.5 Å². The van der Waals surface area contributed by atoms with Crippen molar-refractivity contribution in [3.63, 3.8) is 0 Å². The van der Waals surface area contributed by atoms with Crippen LogP contribution in [0, 0.1) is 5.82 Å². The van der Waals surface area contributed by atoms with E-state index in [0.717, 1.165) is 6.07 Å². The molecule has 0 aliphatic rings. The maximum atomic E-state index is 13.7. The molecule has 0 fully saturated rings. The zero-order valence-corrected chi connectivity index (χ0v) is 11.4. The minimum Gasteiger partial charge on any atom is -0.479 e. The van der Waals surface area contributed by atoms with Crippen LogP contribution < -0.4 is 4.74 Å². The number of alkyl halides is 1. The topological polar surface area (TPSA) is 66.8 Å². The quantitative estimate of drug-likeness (QED) is 0.861. The maximum Gasteiger partial charge on any atom is 0.341 e. The average Bonchev–Trinajstić information content (AvgIpc) is 2.50. The van der Waals surface area contributed by atoms with Crippen LogP contribution in [-0.4, -0.2) is 28.5 Å². The van der Waals surface area contributed by atoms with Crippen LogP contribution in [-0.2, 0) is 11.2 Å². The minimum atomic E-state index is -2.40. The molecular weight excluding hydrogens is 294 g/mol. The molecule has 0 aliphatic heterocycles. The van der Waals surface area contributed by atoms with Crippen molar-refractivity contribution in [2.75, 3.05) is 0 Å². The lowest BCUT2D eigenvalue weighted by Crippen LogP contribution is -2.31. The standard InChI is InChI=1S/C16H14F2O4/c17-12-7-6-10(8-13(19)15(18)16(20)21)9-14(12)22-11-4-2-1-3-5-11/h1-7,9,13,15,19H,8H2,(H,20,21). The fourth-order valence-corrected chi connectivity index (χ4v) is 1.88. The summed E-state index contributed by atoms with van der Waals surface area (Å²) in [6.45, 7) is 0. The Bertz CT molecular complexity index is 646. The fourth-order valence-electron chi connectivity index (χ4n) is 1.88. The lowest BCUT2D eigenvalue weighted by Gasteiger charge is -2.13. The van der Waals surface area contributed by atoms with Gasteiger partial charge in [-0.1, -0.05) is 24.3 Å². The number of carboxylic acid groups (broad SMARTS) is 1. The molecule has 0 amide bonds. The number of aliphatic hydroxyl groups is 1. The van der Waals surface area contributed by atoms with E-state index in [4.69, 9.17) is 9.84 Å². The Balaban J connectivity index is 2.14. The molecule has 0 aliphatic carbocycles. The molecule has 22 heavy (non-hydrogen) atoms. The van der Waals surface area contributed by atoms with Gasteiger partial charge in [-0.05, 0) is 29.8 Å². The molecule has 2 atom stereocenters. The Labute approximate surface area is 125 Å². The second-order valence-corrected chi connectivity index (χ2v) is 4.69. The number of benzene rings is 2. The molecule has 2 rings (SSSR count). The van der Waals surface area contributed by atoms with E-state index in [1.807, 2.05) is 0 Å². The molecule has 0 aromatic heterocycles. The van der Waals surface area contributed by atoms with Gasteiger partial charge in [0.2, 0.25) is 6.17 Å². The van der Waals surface area contributed by atoms with Gasteiger partial charge in [-0.3, -0.25) is 0 Å². The molecule has 2 unspecified atom stereocenters. The van der Waals surface area contributed by atoms with E-state index < -0.39 is 24.1 Å². The lowest BCUT2D eigenvalue weighted by atomic mass is 10.0. The molecule has 2 aromatic carbocycles. The SMILES string of the molecule is O=C(O)C(F)C(O)Cc1ccc(F)c(Oc2ccccc2)c1. The van der Waals surface area contributed by atoms with E-state index in [1.54, 1.807) is 30.3 Å². The fraction of sp³-hybridized carbons (Fsp3) is 0.188. The van der Waals surface area contributed by atoms with Crippen LogP contribution in [0.25, 0.3) is 0 Å². The Morgan fingerprint density at radius 3 is 2.50 bits per heavy atom. The number of halogens is 2. The van der Waals surface area contributed by atoms with Gasteiger partial charge in [0.25, 0.3) is 0 Å². The molecule has 0 spiro atoms. The zero-order valence-electron chi connectivity index (χ0n) is 11.4. The van der Waals surface area contributed by atoms with Crippen molar-refractivity contribution in [3.8, 4) is 11.5 Å². The molecule has 6 heteroatoms. The van der Waals surface area contributed by atoms with Crippen LogP contribution >= 0.6 is 0 Å². The molecule has 0 saturated carbocycles.